The second kappa shape index (κ2) is 54.5. The summed E-state index contributed by atoms with van der Waals surface area (Å²) in [6.07, 6.45) is 46.7. The predicted octanol–water partition coefficient (Wildman–Crippen LogP) is 9.83. The van der Waals surface area contributed by atoms with Crippen LogP contribution in [-0.4, -0.2) is 193 Å². The standard InChI is InChI=1S/C74H125NO18/c1-3-5-7-9-11-12-13-14-15-16-17-18-19-20-21-22-23-24-25-26-27-28-29-30-31-32-33-34-35-36-37-38-39-40-41-42-43-44-46-48-50-52-62(80)75-57(58(79)51-49-47-45-10-8-6-4-2)56-88-72-68(86)65(83)70(60(54-77)90-72)93-74-69(87)66(84)71(61(55-78)91-74)92-73-67(85)64(82)63(81)59(53-76)89-73/h5,7,11-12,14-15,17-18,20-21,23-24,26-27,29-30,32-33,57-61,63-74,76-79,81-87H,3-4,6,8-10,13,16,19,22,25,28,31,34-56H2,1-2H3,(H,75,80)/b7-5-,12-11-,15-14-,18-17-,21-20-,24-23-,27-26-,30-29-,33-32-. The van der Waals surface area contributed by atoms with Crippen LogP contribution in [0.5, 0.6) is 0 Å². The van der Waals surface area contributed by atoms with E-state index >= 15 is 0 Å². The number of carbonyl (C=O) groups is 1. The highest BCUT2D eigenvalue weighted by Crippen LogP contribution is 2.33. The molecule has 19 heteroatoms. The summed E-state index contributed by atoms with van der Waals surface area (Å²) in [5.74, 6) is -0.253. The molecule has 0 aromatic rings. The Labute approximate surface area is 557 Å². The zero-order chi connectivity index (χ0) is 67.5. The lowest BCUT2D eigenvalue weighted by atomic mass is 9.96. The van der Waals surface area contributed by atoms with Crippen molar-refractivity contribution in [1.82, 2.24) is 5.32 Å². The van der Waals surface area contributed by atoms with Crippen molar-refractivity contribution in [3.05, 3.63) is 109 Å². The Hall–Kier alpha value is -3.55. The second-order valence-corrected chi connectivity index (χ2v) is 25.0. The van der Waals surface area contributed by atoms with Gasteiger partial charge in [-0.1, -0.05) is 239 Å². The average Bonchev–Trinajstić information content (AvgIpc) is 0.798. The third-order valence-electron chi connectivity index (χ3n) is 17.1. The monoisotopic (exact) mass is 1320 g/mol. The van der Waals surface area contributed by atoms with Crippen LogP contribution in [0.2, 0.25) is 0 Å². The van der Waals surface area contributed by atoms with E-state index in [4.69, 9.17) is 28.4 Å². The van der Waals surface area contributed by atoms with Crippen molar-refractivity contribution in [1.29, 1.82) is 0 Å². The van der Waals surface area contributed by atoms with E-state index in [9.17, 15) is 61.0 Å². The van der Waals surface area contributed by atoms with Gasteiger partial charge in [0.15, 0.2) is 18.9 Å². The molecule has 0 aromatic carbocycles. The van der Waals surface area contributed by atoms with E-state index in [0.717, 1.165) is 122 Å². The molecule has 0 spiro atoms. The summed E-state index contributed by atoms with van der Waals surface area (Å²) in [6, 6.07) is -0.890. The zero-order valence-electron chi connectivity index (χ0n) is 56.4. The van der Waals surface area contributed by atoms with Crippen LogP contribution in [0.4, 0.5) is 0 Å². The van der Waals surface area contributed by atoms with Crippen LogP contribution in [0.25, 0.3) is 0 Å². The molecule has 17 atom stereocenters. The molecule has 3 aliphatic heterocycles. The Morgan fingerprint density at radius 2 is 0.742 bits per heavy atom. The molecule has 12 N–H and O–H groups in total. The number of hydrogen-bond acceptors (Lipinski definition) is 18. The van der Waals surface area contributed by atoms with Crippen molar-refractivity contribution < 1.29 is 89.4 Å². The molecule has 0 radical (unpaired) electrons. The summed E-state index contributed by atoms with van der Waals surface area (Å²) >= 11 is 0. The van der Waals surface area contributed by atoms with Crippen molar-refractivity contribution in [2.75, 3.05) is 26.4 Å². The van der Waals surface area contributed by atoms with E-state index in [1.165, 1.54) is 64.2 Å². The molecule has 3 heterocycles. The first-order valence-corrected chi connectivity index (χ1v) is 35.6. The molecule has 0 saturated carbocycles. The molecule has 93 heavy (non-hydrogen) atoms. The van der Waals surface area contributed by atoms with Gasteiger partial charge >= 0.3 is 0 Å². The molecule has 3 saturated heterocycles. The fourth-order valence-corrected chi connectivity index (χ4v) is 11.4. The lowest BCUT2D eigenvalue weighted by Crippen LogP contribution is -2.66. The number of nitrogens with one attached hydrogen (secondary N) is 1. The van der Waals surface area contributed by atoms with E-state index in [1.54, 1.807) is 0 Å². The summed E-state index contributed by atoms with van der Waals surface area (Å²) in [7, 11) is 0. The summed E-state index contributed by atoms with van der Waals surface area (Å²) < 4.78 is 34.3. The number of allylic oxidation sites excluding steroid dienone is 18. The molecule has 1 amide bonds. The van der Waals surface area contributed by atoms with E-state index in [2.05, 4.69) is 129 Å². The average molecular weight is 1320 g/mol. The lowest BCUT2D eigenvalue weighted by Gasteiger charge is -2.48. The molecule has 19 nitrogen and oxygen atoms in total. The molecule has 0 aromatic heterocycles. The highest BCUT2D eigenvalue weighted by atomic mass is 16.8. The van der Waals surface area contributed by atoms with Crippen LogP contribution >= 0.6 is 0 Å². The van der Waals surface area contributed by atoms with Gasteiger partial charge in [-0.15, -0.1) is 0 Å². The number of rotatable bonds is 53. The minimum Gasteiger partial charge on any atom is -0.394 e. The van der Waals surface area contributed by atoms with Gasteiger partial charge in [0.25, 0.3) is 0 Å². The molecule has 17 unspecified atom stereocenters. The van der Waals surface area contributed by atoms with Gasteiger partial charge in [-0.05, 0) is 83.5 Å². The maximum atomic E-state index is 13.3. The highest BCUT2D eigenvalue weighted by molar-refractivity contribution is 5.76. The first kappa shape index (κ1) is 83.7. The first-order valence-electron chi connectivity index (χ1n) is 35.6. The first-order chi connectivity index (χ1) is 45.3. The van der Waals surface area contributed by atoms with Crippen LogP contribution < -0.4 is 5.32 Å². The van der Waals surface area contributed by atoms with Gasteiger partial charge in [-0.25, -0.2) is 0 Å². The molecular weight excluding hydrogens is 1190 g/mol. The minimum atomic E-state index is -1.97. The number of aliphatic hydroxyl groups excluding tert-OH is 11. The SMILES string of the molecule is CC/C=C\C/C=C\C/C=C\C/C=C\C/C=C\C/C=C\C/C=C\C/C=C\C/C=C\CCCCCCCCCCCCCCCC(=O)NC(COC1OC(CO)C(OC2OC(CO)C(OC3OC(CO)C(O)C(O)C3O)C(O)C2O)C(O)C1O)C(O)CCCCCCCCC. The fraction of sp³-hybridized carbons (Fsp3) is 0.743. The van der Waals surface area contributed by atoms with Gasteiger partial charge in [0.05, 0.1) is 38.6 Å². The lowest BCUT2D eigenvalue weighted by molar-refractivity contribution is -0.379. The maximum absolute atomic E-state index is 13.3. The molecular formula is C74H125NO18. The topological polar surface area (TPSA) is 307 Å². The molecule has 0 aliphatic carbocycles. The van der Waals surface area contributed by atoms with E-state index in [-0.39, 0.29) is 18.9 Å². The third-order valence-corrected chi connectivity index (χ3v) is 17.1. The number of amides is 1. The number of ether oxygens (including phenoxy) is 6. The Kier molecular flexibility index (Phi) is 49.0. The summed E-state index contributed by atoms with van der Waals surface area (Å²) in [4.78, 5) is 13.3. The van der Waals surface area contributed by atoms with Gasteiger partial charge < -0.3 is 89.9 Å². The van der Waals surface area contributed by atoms with Crippen molar-refractivity contribution in [2.45, 2.75) is 324 Å². The van der Waals surface area contributed by atoms with Gasteiger partial charge in [0.2, 0.25) is 5.91 Å². The number of unbranched alkanes of at least 4 members (excludes halogenated alkanes) is 19. The third kappa shape index (κ3) is 36.0. The van der Waals surface area contributed by atoms with Gasteiger partial charge in [-0.2, -0.15) is 0 Å². The number of aliphatic hydroxyl groups is 11. The maximum Gasteiger partial charge on any atom is 0.220 e. The number of carbonyl (C=O) groups excluding carboxylic acids is 1. The molecule has 534 valence electrons. The fourth-order valence-electron chi connectivity index (χ4n) is 11.4. The van der Waals surface area contributed by atoms with E-state index < -0.39 is 124 Å². The van der Waals surface area contributed by atoms with Crippen molar-refractivity contribution in [3.63, 3.8) is 0 Å². The molecule has 3 rings (SSSR count). The Bertz CT molecular complexity index is 2110. The zero-order valence-corrected chi connectivity index (χ0v) is 56.4. The van der Waals surface area contributed by atoms with Crippen LogP contribution in [-0.2, 0) is 33.2 Å². The molecule has 0 bridgehead atoms. The van der Waals surface area contributed by atoms with Gasteiger partial charge in [0.1, 0.15) is 73.2 Å². The molecule has 3 aliphatic rings. The van der Waals surface area contributed by atoms with Gasteiger partial charge in [-0.3, -0.25) is 4.79 Å². The second-order valence-electron chi connectivity index (χ2n) is 25.0. The smallest absolute Gasteiger partial charge is 0.220 e. The van der Waals surface area contributed by atoms with E-state index in [1.807, 2.05) is 0 Å². The summed E-state index contributed by atoms with van der Waals surface area (Å²) in [5, 5.41) is 120. The van der Waals surface area contributed by atoms with Crippen molar-refractivity contribution in [2.24, 2.45) is 0 Å². The Balaban J connectivity index is 1.26. The Morgan fingerprint density at radius 1 is 0.398 bits per heavy atom. The van der Waals surface area contributed by atoms with Crippen LogP contribution in [0.15, 0.2) is 109 Å². The number of hydrogen-bond donors (Lipinski definition) is 12. The summed E-state index contributed by atoms with van der Waals surface area (Å²) in [6.45, 7) is 1.60. The van der Waals surface area contributed by atoms with Crippen molar-refractivity contribution in [3.8, 4) is 0 Å². The van der Waals surface area contributed by atoms with Crippen LogP contribution in [0.3, 0.4) is 0 Å². The van der Waals surface area contributed by atoms with Gasteiger partial charge in [0, 0.05) is 6.42 Å². The minimum absolute atomic E-state index is 0.253. The van der Waals surface area contributed by atoms with Crippen molar-refractivity contribution >= 4 is 5.91 Å². The largest absolute Gasteiger partial charge is 0.394 e. The normalized spacial score (nSPS) is 28.2. The van der Waals surface area contributed by atoms with Crippen LogP contribution in [0, 0.1) is 0 Å². The predicted molar refractivity (Wildman–Crippen MR) is 364 cm³/mol. The quantitative estimate of drug-likeness (QED) is 0.0199. The molecule has 3 fully saturated rings. The van der Waals surface area contributed by atoms with E-state index in [0.29, 0.717) is 12.8 Å². The summed E-state index contributed by atoms with van der Waals surface area (Å²) in [5.41, 5.74) is 0. The Morgan fingerprint density at radius 3 is 1.16 bits per heavy atom. The highest BCUT2D eigenvalue weighted by Gasteiger charge is 2.53. The van der Waals surface area contributed by atoms with Crippen LogP contribution in [0.1, 0.15) is 219 Å².